The van der Waals surface area contributed by atoms with E-state index in [2.05, 4.69) is 67.9 Å². The van der Waals surface area contributed by atoms with Crippen LogP contribution in [0.5, 0.6) is 0 Å². The Morgan fingerprint density at radius 3 is 2.39 bits per heavy atom. The molecule has 23 heavy (non-hydrogen) atoms. The van der Waals surface area contributed by atoms with Crippen molar-refractivity contribution in [1.82, 2.24) is 10.2 Å². The Kier molecular flexibility index (Phi) is 6.05. The Bertz CT molecular complexity index is 533. The second-order valence-corrected chi connectivity index (χ2v) is 7.08. The standard InChI is InChI=1S/C19H31N3O/c1-14(2)17(5)20-19(23)13-21-9-11-22(12-10-21)18-8-6-7-15(3)16(18)4/h6-8,14,17H,9-13H2,1-5H3,(H,20,23). The number of benzene rings is 1. The van der Waals surface area contributed by atoms with Crippen LogP contribution in [-0.2, 0) is 4.79 Å². The maximum atomic E-state index is 12.1. The van der Waals surface area contributed by atoms with Crippen LogP contribution in [0.1, 0.15) is 31.9 Å². The number of rotatable bonds is 5. The molecule has 0 saturated carbocycles. The molecule has 0 aliphatic carbocycles. The number of hydrogen-bond acceptors (Lipinski definition) is 3. The van der Waals surface area contributed by atoms with E-state index in [-0.39, 0.29) is 11.9 Å². The lowest BCUT2D eigenvalue weighted by atomic mass is 10.1. The topological polar surface area (TPSA) is 35.6 Å². The summed E-state index contributed by atoms with van der Waals surface area (Å²) in [5.41, 5.74) is 4.04. The molecule has 0 aromatic heterocycles. The SMILES string of the molecule is Cc1cccc(N2CCN(CC(=O)NC(C)C(C)C)CC2)c1C. The summed E-state index contributed by atoms with van der Waals surface area (Å²) in [5.74, 6) is 0.617. The molecule has 1 aromatic carbocycles. The highest BCUT2D eigenvalue weighted by Gasteiger charge is 2.21. The predicted molar refractivity (Wildman–Crippen MR) is 97.0 cm³/mol. The number of carbonyl (C=O) groups excluding carboxylic acids is 1. The molecule has 1 fully saturated rings. The Labute approximate surface area is 140 Å². The second kappa shape index (κ2) is 7.82. The van der Waals surface area contributed by atoms with Gasteiger partial charge in [0, 0.05) is 37.9 Å². The van der Waals surface area contributed by atoms with Gasteiger partial charge in [-0.1, -0.05) is 26.0 Å². The fraction of sp³-hybridized carbons (Fsp3) is 0.632. The summed E-state index contributed by atoms with van der Waals surface area (Å²) in [7, 11) is 0. The fourth-order valence-corrected chi connectivity index (χ4v) is 2.89. The molecule has 1 aromatic rings. The number of nitrogens with one attached hydrogen (secondary N) is 1. The lowest BCUT2D eigenvalue weighted by molar-refractivity contribution is -0.123. The largest absolute Gasteiger partial charge is 0.369 e. The zero-order valence-corrected chi connectivity index (χ0v) is 15.2. The van der Waals surface area contributed by atoms with Crippen LogP contribution in [0.3, 0.4) is 0 Å². The Balaban J connectivity index is 1.84. The minimum atomic E-state index is 0.145. The Morgan fingerprint density at radius 1 is 1.13 bits per heavy atom. The smallest absolute Gasteiger partial charge is 0.234 e. The summed E-state index contributed by atoms with van der Waals surface area (Å²) < 4.78 is 0. The molecule has 128 valence electrons. The third kappa shape index (κ3) is 4.71. The first-order chi connectivity index (χ1) is 10.9. The third-order valence-electron chi connectivity index (χ3n) is 5.04. The summed E-state index contributed by atoms with van der Waals surface area (Å²) in [5, 5.41) is 3.09. The van der Waals surface area contributed by atoms with E-state index in [4.69, 9.17) is 0 Å². The summed E-state index contributed by atoms with van der Waals surface area (Å²) in [4.78, 5) is 16.8. The van der Waals surface area contributed by atoms with Crippen LogP contribution < -0.4 is 10.2 Å². The first-order valence-corrected chi connectivity index (χ1v) is 8.71. The van der Waals surface area contributed by atoms with E-state index in [1.54, 1.807) is 0 Å². The fourth-order valence-electron chi connectivity index (χ4n) is 2.89. The molecule has 1 heterocycles. The summed E-state index contributed by atoms with van der Waals surface area (Å²) in [6, 6.07) is 6.73. The highest BCUT2D eigenvalue weighted by molar-refractivity contribution is 5.78. The van der Waals surface area contributed by atoms with E-state index in [0.717, 1.165) is 26.2 Å². The van der Waals surface area contributed by atoms with Gasteiger partial charge in [-0.3, -0.25) is 9.69 Å². The van der Waals surface area contributed by atoms with Crippen molar-refractivity contribution in [2.75, 3.05) is 37.6 Å². The number of piperazine rings is 1. The molecule has 0 spiro atoms. The van der Waals surface area contributed by atoms with Gasteiger partial charge in [-0.25, -0.2) is 0 Å². The number of carbonyl (C=O) groups is 1. The molecule has 4 heteroatoms. The first-order valence-electron chi connectivity index (χ1n) is 8.71. The van der Waals surface area contributed by atoms with Gasteiger partial charge in [0.15, 0.2) is 0 Å². The van der Waals surface area contributed by atoms with Gasteiger partial charge >= 0.3 is 0 Å². The molecule has 1 saturated heterocycles. The van der Waals surface area contributed by atoms with Crippen molar-refractivity contribution >= 4 is 11.6 Å². The van der Waals surface area contributed by atoms with E-state index < -0.39 is 0 Å². The van der Waals surface area contributed by atoms with Crippen molar-refractivity contribution in [2.45, 2.75) is 40.7 Å². The van der Waals surface area contributed by atoms with Crippen molar-refractivity contribution < 1.29 is 4.79 Å². The van der Waals surface area contributed by atoms with Crippen molar-refractivity contribution in [3.63, 3.8) is 0 Å². The van der Waals surface area contributed by atoms with E-state index in [0.29, 0.717) is 12.5 Å². The molecule has 1 atom stereocenters. The average molecular weight is 317 g/mol. The van der Waals surface area contributed by atoms with Crippen molar-refractivity contribution in [1.29, 1.82) is 0 Å². The van der Waals surface area contributed by atoms with Gasteiger partial charge in [0.25, 0.3) is 0 Å². The molecule has 2 rings (SSSR count). The lowest BCUT2D eigenvalue weighted by Gasteiger charge is -2.37. The number of amides is 1. The number of aryl methyl sites for hydroxylation is 1. The molecule has 4 nitrogen and oxygen atoms in total. The van der Waals surface area contributed by atoms with Crippen LogP contribution in [0.2, 0.25) is 0 Å². The third-order valence-corrected chi connectivity index (χ3v) is 5.04. The predicted octanol–water partition coefficient (Wildman–Crippen LogP) is 2.59. The van der Waals surface area contributed by atoms with Gasteiger partial charge in [-0.15, -0.1) is 0 Å². The number of nitrogens with zero attached hydrogens (tertiary/aromatic N) is 2. The molecule has 1 aliphatic heterocycles. The van der Waals surface area contributed by atoms with Gasteiger partial charge in [0.1, 0.15) is 0 Å². The molecule has 1 unspecified atom stereocenters. The molecule has 0 bridgehead atoms. The maximum absolute atomic E-state index is 12.1. The second-order valence-electron chi connectivity index (χ2n) is 7.08. The average Bonchev–Trinajstić information content (AvgIpc) is 2.50. The number of hydrogen-bond donors (Lipinski definition) is 1. The van der Waals surface area contributed by atoms with Crippen LogP contribution in [0, 0.1) is 19.8 Å². The molecule has 1 N–H and O–H groups in total. The molecule has 0 radical (unpaired) electrons. The summed E-state index contributed by atoms with van der Waals surface area (Å²) in [6.07, 6.45) is 0. The van der Waals surface area contributed by atoms with Crippen molar-refractivity contribution in [3.8, 4) is 0 Å². The molecular formula is C19H31N3O. The zero-order valence-electron chi connectivity index (χ0n) is 15.2. The van der Waals surface area contributed by atoms with Gasteiger partial charge in [0.2, 0.25) is 5.91 Å². The Hall–Kier alpha value is -1.55. The molecule has 1 amide bonds. The van der Waals surface area contributed by atoms with Crippen molar-refractivity contribution in [3.05, 3.63) is 29.3 Å². The van der Waals surface area contributed by atoms with Gasteiger partial charge in [-0.2, -0.15) is 0 Å². The Morgan fingerprint density at radius 2 is 1.78 bits per heavy atom. The highest BCUT2D eigenvalue weighted by atomic mass is 16.2. The number of anilines is 1. The van der Waals surface area contributed by atoms with Crippen LogP contribution in [0.4, 0.5) is 5.69 Å². The summed E-state index contributed by atoms with van der Waals surface area (Å²) in [6.45, 7) is 15.1. The van der Waals surface area contributed by atoms with Gasteiger partial charge < -0.3 is 10.2 Å². The summed E-state index contributed by atoms with van der Waals surface area (Å²) >= 11 is 0. The first kappa shape index (κ1) is 17.8. The van der Waals surface area contributed by atoms with Crippen molar-refractivity contribution in [2.24, 2.45) is 5.92 Å². The minimum absolute atomic E-state index is 0.145. The van der Waals surface area contributed by atoms with Crippen LogP contribution in [0.25, 0.3) is 0 Å². The normalized spacial score (nSPS) is 17.4. The van der Waals surface area contributed by atoms with Gasteiger partial charge in [-0.05, 0) is 43.9 Å². The lowest BCUT2D eigenvalue weighted by Crippen LogP contribution is -2.50. The quantitative estimate of drug-likeness (QED) is 0.907. The van der Waals surface area contributed by atoms with E-state index in [1.165, 1.54) is 16.8 Å². The maximum Gasteiger partial charge on any atom is 0.234 e. The van der Waals surface area contributed by atoms with Gasteiger partial charge in [0.05, 0.1) is 6.54 Å². The minimum Gasteiger partial charge on any atom is -0.369 e. The van der Waals surface area contributed by atoms with Crippen LogP contribution in [0.15, 0.2) is 18.2 Å². The van der Waals surface area contributed by atoms with Crippen LogP contribution in [-0.4, -0.2) is 49.6 Å². The molecular weight excluding hydrogens is 286 g/mol. The van der Waals surface area contributed by atoms with E-state index >= 15 is 0 Å². The van der Waals surface area contributed by atoms with Crippen LogP contribution >= 0.6 is 0 Å². The molecule has 1 aliphatic rings. The zero-order chi connectivity index (χ0) is 17.0. The highest BCUT2D eigenvalue weighted by Crippen LogP contribution is 2.23. The van der Waals surface area contributed by atoms with E-state index in [1.807, 2.05) is 0 Å². The van der Waals surface area contributed by atoms with E-state index in [9.17, 15) is 4.79 Å². The monoisotopic (exact) mass is 317 g/mol.